The van der Waals surface area contributed by atoms with Crippen LogP contribution in [0.2, 0.25) is 0 Å². The van der Waals surface area contributed by atoms with Crippen molar-refractivity contribution in [2.75, 3.05) is 12.3 Å². The van der Waals surface area contributed by atoms with Crippen molar-refractivity contribution in [2.24, 2.45) is 0 Å². The molecule has 8 heteroatoms. The maximum Gasteiger partial charge on any atom is 0.435 e. The van der Waals surface area contributed by atoms with Crippen LogP contribution in [0.1, 0.15) is 19.0 Å². The van der Waals surface area contributed by atoms with Crippen molar-refractivity contribution >= 4 is 5.69 Å². The lowest BCUT2D eigenvalue weighted by atomic mass is 10.2. The van der Waals surface area contributed by atoms with Gasteiger partial charge < -0.3 is 10.5 Å². The van der Waals surface area contributed by atoms with Gasteiger partial charge in [0.25, 0.3) is 0 Å². The number of hydrogen-bond donors (Lipinski definition) is 1. The zero-order valence-corrected chi connectivity index (χ0v) is 11.1. The molecular weight excluding hydrogens is 290 g/mol. The molecule has 0 unspecified atom stereocenters. The predicted molar refractivity (Wildman–Crippen MR) is 68.7 cm³/mol. The quantitative estimate of drug-likeness (QED) is 0.695. The summed E-state index contributed by atoms with van der Waals surface area (Å²) >= 11 is 0. The van der Waals surface area contributed by atoms with Crippen LogP contribution in [0.4, 0.5) is 23.2 Å². The molecule has 0 saturated carbocycles. The first-order valence-electron chi connectivity index (χ1n) is 6.18. The highest BCUT2D eigenvalue weighted by Crippen LogP contribution is 2.30. The molecule has 0 saturated heterocycles. The van der Waals surface area contributed by atoms with Crippen molar-refractivity contribution in [1.82, 2.24) is 9.78 Å². The normalized spacial score (nSPS) is 11.7. The smallest absolute Gasteiger partial charge is 0.435 e. The van der Waals surface area contributed by atoms with E-state index in [0.717, 1.165) is 23.0 Å². The van der Waals surface area contributed by atoms with E-state index in [-0.39, 0.29) is 23.7 Å². The van der Waals surface area contributed by atoms with Gasteiger partial charge >= 0.3 is 6.18 Å². The second kappa shape index (κ2) is 5.63. The third-order valence-corrected chi connectivity index (χ3v) is 2.67. The van der Waals surface area contributed by atoms with Gasteiger partial charge in [-0.1, -0.05) is 6.92 Å². The van der Waals surface area contributed by atoms with E-state index >= 15 is 0 Å². The highest BCUT2D eigenvalue weighted by atomic mass is 19.4. The minimum Gasteiger partial charge on any atom is -0.490 e. The lowest BCUT2D eigenvalue weighted by molar-refractivity contribution is -0.141. The topological polar surface area (TPSA) is 53.1 Å². The lowest BCUT2D eigenvalue weighted by Gasteiger charge is -2.11. The summed E-state index contributed by atoms with van der Waals surface area (Å²) in [6.07, 6.45) is -2.78. The van der Waals surface area contributed by atoms with E-state index in [1.807, 2.05) is 6.92 Å². The summed E-state index contributed by atoms with van der Waals surface area (Å²) in [6.45, 7) is 2.13. The number of alkyl halides is 3. The van der Waals surface area contributed by atoms with Gasteiger partial charge in [-0.25, -0.2) is 9.07 Å². The Kier molecular flexibility index (Phi) is 4.06. The molecule has 0 aliphatic rings. The Labute approximate surface area is 118 Å². The molecule has 0 amide bonds. The van der Waals surface area contributed by atoms with Crippen molar-refractivity contribution in [3.8, 4) is 11.4 Å². The first-order chi connectivity index (χ1) is 9.82. The number of aromatic nitrogens is 2. The second-order valence-electron chi connectivity index (χ2n) is 4.33. The number of rotatable bonds is 4. The fraction of sp³-hybridized carbons (Fsp3) is 0.308. The molecule has 0 radical (unpaired) electrons. The number of nitrogen functional groups attached to an aromatic ring is 1. The van der Waals surface area contributed by atoms with Crippen LogP contribution in [0, 0.1) is 5.82 Å². The molecule has 21 heavy (non-hydrogen) atoms. The van der Waals surface area contributed by atoms with E-state index in [0.29, 0.717) is 6.42 Å². The molecule has 2 aromatic rings. The number of halogens is 4. The van der Waals surface area contributed by atoms with Gasteiger partial charge in [0.1, 0.15) is 0 Å². The first-order valence-corrected chi connectivity index (χ1v) is 6.18. The Morgan fingerprint density at radius 2 is 2.05 bits per heavy atom. The van der Waals surface area contributed by atoms with Crippen molar-refractivity contribution in [3.63, 3.8) is 0 Å². The Hall–Kier alpha value is -2.25. The monoisotopic (exact) mass is 303 g/mol. The lowest BCUT2D eigenvalue weighted by Crippen LogP contribution is -2.09. The molecule has 0 aliphatic carbocycles. The van der Waals surface area contributed by atoms with Crippen LogP contribution in [-0.2, 0) is 6.18 Å². The average Bonchev–Trinajstić information content (AvgIpc) is 2.87. The minimum absolute atomic E-state index is 0.0341. The van der Waals surface area contributed by atoms with Crippen LogP contribution >= 0.6 is 0 Å². The van der Waals surface area contributed by atoms with Gasteiger partial charge in [0, 0.05) is 18.3 Å². The molecule has 0 bridgehead atoms. The van der Waals surface area contributed by atoms with Gasteiger partial charge in [-0.3, -0.25) is 0 Å². The summed E-state index contributed by atoms with van der Waals surface area (Å²) in [6, 6.07) is 3.04. The number of ether oxygens (including phenoxy) is 1. The zero-order chi connectivity index (χ0) is 15.6. The van der Waals surface area contributed by atoms with E-state index in [9.17, 15) is 17.6 Å². The third-order valence-electron chi connectivity index (χ3n) is 2.67. The molecule has 0 aliphatic heterocycles. The number of hydrogen-bond acceptors (Lipinski definition) is 3. The molecule has 0 atom stereocenters. The largest absolute Gasteiger partial charge is 0.490 e. The Balaban J connectivity index is 2.41. The van der Waals surface area contributed by atoms with Gasteiger partial charge in [-0.05, 0) is 12.5 Å². The summed E-state index contributed by atoms with van der Waals surface area (Å²) in [5, 5.41) is 3.40. The molecule has 0 fully saturated rings. The summed E-state index contributed by atoms with van der Waals surface area (Å²) in [5.74, 6) is -0.752. The Morgan fingerprint density at radius 3 is 2.62 bits per heavy atom. The molecule has 1 aromatic heterocycles. The van der Waals surface area contributed by atoms with Crippen LogP contribution in [0.25, 0.3) is 5.69 Å². The third kappa shape index (κ3) is 3.26. The minimum atomic E-state index is -4.55. The molecular formula is C13H13F4N3O. The maximum atomic E-state index is 13.6. The van der Waals surface area contributed by atoms with Crippen LogP contribution in [0.3, 0.4) is 0 Å². The van der Waals surface area contributed by atoms with Gasteiger partial charge in [-0.2, -0.15) is 18.3 Å². The van der Waals surface area contributed by atoms with E-state index in [1.54, 1.807) is 0 Å². The van der Waals surface area contributed by atoms with Crippen molar-refractivity contribution in [2.45, 2.75) is 19.5 Å². The number of benzene rings is 1. The molecule has 4 nitrogen and oxygen atoms in total. The molecule has 114 valence electrons. The number of nitrogens with two attached hydrogens (primary N) is 1. The Morgan fingerprint density at radius 1 is 1.33 bits per heavy atom. The standard InChI is InChI=1S/C13H13F4N3O/c1-2-5-21-11-7-10(9(18)6-8(11)14)20-4-3-12(19-20)13(15,16)17/h3-4,6-7H,2,5,18H2,1H3. The van der Waals surface area contributed by atoms with Gasteiger partial charge in [0.05, 0.1) is 18.0 Å². The zero-order valence-electron chi connectivity index (χ0n) is 11.1. The van der Waals surface area contributed by atoms with Gasteiger partial charge in [0.2, 0.25) is 0 Å². The highest BCUT2D eigenvalue weighted by molar-refractivity contribution is 5.60. The predicted octanol–water partition coefficient (Wildman–Crippen LogP) is 3.40. The molecule has 2 rings (SSSR count). The SMILES string of the molecule is CCCOc1cc(-n2ccc(C(F)(F)F)n2)c(N)cc1F. The van der Waals surface area contributed by atoms with Crippen molar-refractivity contribution in [3.05, 3.63) is 35.9 Å². The molecule has 1 heterocycles. The first kappa shape index (κ1) is 15.1. The van der Waals surface area contributed by atoms with E-state index in [2.05, 4.69) is 5.10 Å². The fourth-order valence-electron chi connectivity index (χ4n) is 1.69. The van der Waals surface area contributed by atoms with E-state index < -0.39 is 17.7 Å². The van der Waals surface area contributed by atoms with Crippen molar-refractivity contribution < 1.29 is 22.3 Å². The number of anilines is 1. The van der Waals surface area contributed by atoms with Crippen molar-refractivity contribution in [1.29, 1.82) is 0 Å². The van der Waals surface area contributed by atoms with Crippen LogP contribution in [-0.4, -0.2) is 16.4 Å². The molecule has 2 N–H and O–H groups in total. The van der Waals surface area contributed by atoms with Crippen LogP contribution < -0.4 is 10.5 Å². The van der Waals surface area contributed by atoms with Crippen LogP contribution in [0.5, 0.6) is 5.75 Å². The fourth-order valence-corrected chi connectivity index (χ4v) is 1.69. The maximum absolute atomic E-state index is 13.6. The highest BCUT2D eigenvalue weighted by Gasteiger charge is 2.33. The summed E-state index contributed by atoms with van der Waals surface area (Å²) in [5.41, 5.74) is 4.67. The summed E-state index contributed by atoms with van der Waals surface area (Å²) in [7, 11) is 0. The second-order valence-corrected chi connectivity index (χ2v) is 4.33. The van der Waals surface area contributed by atoms with Crippen LogP contribution in [0.15, 0.2) is 24.4 Å². The number of nitrogens with zero attached hydrogens (tertiary/aromatic N) is 2. The molecule has 1 aromatic carbocycles. The summed E-state index contributed by atoms with van der Waals surface area (Å²) < 4.78 is 57.4. The summed E-state index contributed by atoms with van der Waals surface area (Å²) in [4.78, 5) is 0. The Bertz CT molecular complexity index is 637. The van der Waals surface area contributed by atoms with Gasteiger partial charge in [0.15, 0.2) is 17.3 Å². The van der Waals surface area contributed by atoms with Gasteiger partial charge in [-0.15, -0.1) is 0 Å². The molecule has 0 spiro atoms. The average molecular weight is 303 g/mol. The van der Waals surface area contributed by atoms with E-state index in [1.165, 1.54) is 6.07 Å². The van der Waals surface area contributed by atoms with E-state index in [4.69, 9.17) is 10.5 Å².